The first-order chi connectivity index (χ1) is 11.1. The second kappa shape index (κ2) is 9.58. The summed E-state index contributed by atoms with van der Waals surface area (Å²) in [7, 11) is 0. The van der Waals surface area contributed by atoms with Crippen LogP contribution in [0.25, 0.3) is 0 Å². The van der Waals surface area contributed by atoms with Gasteiger partial charge in [0.1, 0.15) is 3.70 Å². The zero-order valence-electron chi connectivity index (χ0n) is 13.1. The summed E-state index contributed by atoms with van der Waals surface area (Å²) in [6, 6.07) is 0. The summed E-state index contributed by atoms with van der Waals surface area (Å²) in [5.41, 5.74) is 0. The lowest BCUT2D eigenvalue weighted by molar-refractivity contribution is 0.0673. The molecule has 0 aromatic carbocycles. The van der Waals surface area contributed by atoms with E-state index in [4.69, 9.17) is 21.1 Å². The summed E-state index contributed by atoms with van der Waals surface area (Å²) in [6.45, 7) is 4.45. The average Bonchev–Trinajstić information content (AvgIpc) is 2.56. The molecule has 0 radical (unpaired) electrons. The second-order valence-corrected chi connectivity index (χ2v) is 6.82. The van der Waals surface area contributed by atoms with Gasteiger partial charge in [-0.05, 0) is 47.8 Å². The number of unbranched alkanes of at least 4 members (excludes halogenated alkanes) is 1. The van der Waals surface area contributed by atoms with Crippen molar-refractivity contribution in [1.82, 2.24) is 9.97 Å². The number of hydrogen-bond acceptors (Lipinski definition) is 5. The maximum absolute atomic E-state index is 12.4. The summed E-state index contributed by atoms with van der Waals surface area (Å²) in [5, 5.41) is 0.293. The van der Waals surface area contributed by atoms with Crippen LogP contribution in [-0.2, 0) is 9.47 Å². The van der Waals surface area contributed by atoms with Crippen molar-refractivity contribution in [2.75, 3.05) is 31.3 Å². The highest BCUT2D eigenvalue weighted by atomic mass is 127. The molecule has 1 aliphatic heterocycles. The number of ether oxygens (including phenoxy) is 2. The SMILES string of the molecule is CCCCOC(=O)N(CC1CCOCC1)c1cnc(I)c(Cl)n1. The summed E-state index contributed by atoms with van der Waals surface area (Å²) >= 11 is 8.06. The summed E-state index contributed by atoms with van der Waals surface area (Å²) < 4.78 is 11.3. The Labute approximate surface area is 155 Å². The third kappa shape index (κ3) is 5.72. The Morgan fingerprint density at radius 3 is 2.91 bits per heavy atom. The summed E-state index contributed by atoms with van der Waals surface area (Å²) in [6.07, 6.45) is 4.83. The number of rotatable bonds is 6. The van der Waals surface area contributed by atoms with Gasteiger partial charge in [0.2, 0.25) is 0 Å². The van der Waals surface area contributed by atoms with E-state index < -0.39 is 6.09 Å². The molecule has 2 heterocycles. The van der Waals surface area contributed by atoms with E-state index in [-0.39, 0.29) is 0 Å². The minimum atomic E-state index is -0.392. The van der Waals surface area contributed by atoms with Crippen LogP contribution in [-0.4, -0.2) is 42.4 Å². The summed E-state index contributed by atoms with van der Waals surface area (Å²) in [5.74, 6) is 0.797. The molecule has 0 atom stereocenters. The van der Waals surface area contributed by atoms with Gasteiger partial charge in [0.05, 0.1) is 12.8 Å². The molecule has 1 amide bonds. The fourth-order valence-corrected chi connectivity index (χ4v) is 2.70. The van der Waals surface area contributed by atoms with Crippen molar-refractivity contribution in [3.8, 4) is 0 Å². The van der Waals surface area contributed by atoms with Gasteiger partial charge < -0.3 is 9.47 Å². The molecular weight excluding hydrogens is 433 g/mol. The molecule has 0 bridgehead atoms. The molecule has 1 aliphatic rings. The standard InChI is InChI=1S/C15H21ClIN3O3/c1-2-3-6-23-15(21)20(10-11-4-7-22-8-5-11)12-9-18-14(17)13(16)19-12/h9,11H,2-8,10H2,1H3. The lowest BCUT2D eigenvalue weighted by atomic mass is 10.00. The quantitative estimate of drug-likeness (QED) is 0.483. The van der Waals surface area contributed by atoms with Gasteiger partial charge in [0.15, 0.2) is 11.0 Å². The minimum Gasteiger partial charge on any atom is -0.449 e. The predicted molar refractivity (Wildman–Crippen MR) is 96.9 cm³/mol. The van der Waals surface area contributed by atoms with E-state index >= 15 is 0 Å². The molecule has 6 nitrogen and oxygen atoms in total. The van der Waals surface area contributed by atoms with Crippen LogP contribution in [0.15, 0.2) is 6.20 Å². The first-order valence-corrected chi connectivity index (χ1v) is 9.27. The maximum atomic E-state index is 12.4. The zero-order chi connectivity index (χ0) is 16.7. The largest absolute Gasteiger partial charge is 0.449 e. The number of carbonyl (C=O) groups is 1. The molecule has 1 aromatic heterocycles. The van der Waals surface area contributed by atoms with Gasteiger partial charge >= 0.3 is 6.09 Å². The Morgan fingerprint density at radius 2 is 2.26 bits per heavy atom. The van der Waals surface area contributed by atoms with Crippen molar-refractivity contribution in [1.29, 1.82) is 0 Å². The van der Waals surface area contributed by atoms with Gasteiger partial charge in [-0.15, -0.1) is 0 Å². The number of carbonyl (C=O) groups excluding carboxylic acids is 1. The van der Waals surface area contributed by atoms with E-state index in [1.807, 2.05) is 22.6 Å². The van der Waals surface area contributed by atoms with Crippen LogP contribution in [0, 0.1) is 9.62 Å². The fraction of sp³-hybridized carbons (Fsp3) is 0.667. The number of hydrogen-bond donors (Lipinski definition) is 0. The fourth-order valence-electron chi connectivity index (χ4n) is 2.30. The first-order valence-electron chi connectivity index (χ1n) is 7.82. The Kier molecular flexibility index (Phi) is 7.78. The molecule has 1 fully saturated rings. The molecule has 1 aromatic rings. The molecule has 1 saturated heterocycles. The third-order valence-electron chi connectivity index (χ3n) is 3.68. The Morgan fingerprint density at radius 1 is 1.52 bits per heavy atom. The molecular formula is C15H21ClIN3O3. The van der Waals surface area contributed by atoms with Crippen molar-refractivity contribution in [2.24, 2.45) is 5.92 Å². The predicted octanol–water partition coefficient (Wildman–Crippen LogP) is 3.90. The molecule has 0 unspecified atom stereocenters. The number of anilines is 1. The van der Waals surface area contributed by atoms with Crippen LogP contribution < -0.4 is 4.90 Å². The van der Waals surface area contributed by atoms with Crippen molar-refractivity contribution in [3.63, 3.8) is 0 Å². The average molecular weight is 454 g/mol. The monoisotopic (exact) mass is 453 g/mol. The lowest BCUT2D eigenvalue weighted by Gasteiger charge is -2.28. The highest BCUT2D eigenvalue weighted by Crippen LogP contribution is 2.23. The van der Waals surface area contributed by atoms with Crippen LogP contribution in [0.4, 0.5) is 10.6 Å². The van der Waals surface area contributed by atoms with Gasteiger partial charge in [-0.2, -0.15) is 0 Å². The zero-order valence-corrected chi connectivity index (χ0v) is 16.0. The van der Waals surface area contributed by atoms with E-state index in [0.29, 0.717) is 33.7 Å². The number of halogens is 2. The van der Waals surface area contributed by atoms with Crippen molar-refractivity contribution >= 4 is 46.1 Å². The topological polar surface area (TPSA) is 64.5 Å². The van der Waals surface area contributed by atoms with E-state index in [1.165, 1.54) is 0 Å². The van der Waals surface area contributed by atoms with Gasteiger partial charge in [0, 0.05) is 19.8 Å². The van der Waals surface area contributed by atoms with Gasteiger partial charge in [-0.1, -0.05) is 24.9 Å². The van der Waals surface area contributed by atoms with E-state index in [1.54, 1.807) is 11.1 Å². The van der Waals surface area contributed by atoms with Crippen LogP contribution in [0.3, 0.4) is 0 Å². The highest BCUT2D eigenvalue weighted by Gasteiger charge is 2.25. The van der Waals surface area contributed by atoms with E-state index in [9.17, 15) is 4.79 Å². The van der Waals surface area contributed by atoms with Crippen LogP contribution in [0.5, 0.6) is 0 Å². The molecule has 0 saturated carbocycles. The van der Waals surface area contributed by atoms with E-state index in [0.717, 1.165) is 38.9 Å². The first kappa shape index (κ1) is 18.7. The number of aromatic nitrogens is 2. The Balaban J connectivity index is 2.11. The van der Waals surface area contributed by atoms with E-state index in [2.05, 4.69) is 16.9 Å². The minimum absolute atomic E-state index is 0.293. The number of nitrogens with zero attached hydrogens (tertiary/aromatic N) is 3. The normalized spacial score (nSPS) is 15.4. The smallest absolute Gasteiger partial charge is 0.415 e. The van der Waals surface area contributed by atoms with Crippen molar-refractivity contribution in [2.45, 2.75) is 32.6 Å². The Bertz CT molecular complexity index is 527. The van der Waals surface area contributed by atoms with Gasteiger partial charge in [-0.25, -0.2) is 14.8 Å². The molecule has 23 heavy (non-hydrogen) atoms. The molecule has 8 heteroatoms. The number of amides is 1. The van der Waals surface area contributed by atoms with Crippen molar-refractivity contribution in [3.05, 3.63) is 15.1 Å². The van der Waals surface area contributed by atoms with Gasteiger partial charge in [0.25, 0.3) is 0 Å². The van der Waals surface area contributed by atoms with Crippen LogP contribution in [0.2, 0.25) is 5.15 Å². The van der Waals surface area contributed by atoms with Crippen LogP contribution >= 0.6 is 34.2 Å². The molecule has 0 spiro atoms. The molecule has 0 N–H and O–H groups in total. The Hall–Kier alpha value is -0.670. The molecule has 128 valence electrons. The van der Waals surface area contributed by atoms with Crippen LogP contribution in [0.1, 0.15) is 32.6 Å². The third-order valence-corrected chi connectivity index (χ3v) is 5.05. The van der Waals surface area contributed by atoms with Gasteiger partial charge in [-0.3, -0.25) is 4.90 Å². The lowest BCUT2D eigenvalue weighted by Crippen LogP contribution is -2.38. The molecule has 2 rings (SSSR count). The highest BCUT2D eigenvalue weighted by molar-refractivity contribution is 14.1. The maximum Gasteiger partial charge on any atom is 0.415 e. The second-order valence-electron chi connectivity index (χ2n) is 5.44. The van der Waals surface area contributed by atoms with Crippen molar-refractivity contribution < 1.29 is 14.3 Å². The molecule has 0 aliphatic carbocycles. The summed E-state index contributed by atoms with van der Waals surface area (Å²) in [4.78, 5) is 22.5.